The molecule has 282 valence electrons. The Morgan fingerprint density at radius 1 is 1.06 bits per heavy atom. The molecule has 1 unspecified atom stereocenters. The van der Waals surface area contributed by atoms with Gasteiger partial charge in [-0.2, -0.15) is 4.39 Å². The maximum atomic E-state index is 16.0. The number of nitrogens with two attached hydrogens (primary N) is 2. The molecule has 3 fully saturated rings. The van der Waals surface area contributed by atoms with Crippen LogP contribution in [0, 0.1) is 11.9 Å². The maximum Gasteiger partial charge on any atom is 0.269 e. The maximum absolute atomic E-state index is 16.0. The molecule has 7 rings (SSSR count). The Labute approximate surface area is 309 Å². The van der Waals surface area contributed by atoms with Gasteiger partial charge in [0.15, 0.2) is 6.29 Å². The van der Waals surface area contributed by atoms with E-state index in [0.29, 0.717) is 48.6 Å². The van der Waals surface area contributed by atoms with Crippen LogP contribution in [0.15, 0.2) is 59.7 Å². The summed E-state index contributed by atoms with van der Waals surface area (Å²) in [7, 11) is 7.96. The fourth-order valence-corrected chi connectivity index (χ4v) is 6.73. The topological polar surface area (TPSA) is 180 Å². The van der Waals surface area contributed by atoms with Crippen LogP contribution in [0.2, 0.25) is 0 Å². The molecule has 1 atom stereocenters. The Bertz CT molecular complexity index is 1920. The number of nitrogens with one attached hydrogen (secondary N) is 3. The average molecular weight is 728 g/mol. The number of nitrogens with zero attached hydrogens (tertiary/aromatic N) is 6. The van der Waals surface area contributed by atoms with Crippen molar-refractivity contribution in [3.8, 4) is 11.1 Å². The standard InChI is InChI=1S/C35H41FN10O3.C3H9N/c1-3-27-32-29(33(36)43-46(32)23-16-45(17-23)15-21-6-4-7-22(18-47)39-21)24-8-5-9-25(31(24)44(27)2)41-26(30(38)35(49)40-20-12-13-20)14-28(37)42-34(48)19-10-11-19;1-4(2)3/h4-9,14,18-20,23,27,41H,3,10-13,15-17,37-38H2,1-2H3,(H,40,49)(H,42,48);1-3H3/b28-14+,30-26+;. The van der Waals surface area contributed by atoms with Crippen molar-refractivity contribution in [3.63, 3.8) is 0 Å². The van der Waals surface area contributed by atoms with Crippen molar-refractivity contribution < 1.29 is 18.8 Å². The van der Waals surface area contributed by atoms with E-state index >= 15 is 4.39 Å². The van der Waals surface area contributed by atoms with Crippen molar-refractivity contribution in [2.45, 2.75) is 63.7 Å². The van der Waals surface area contributed by atoms with Crippen LogP contribution < -0.4 is 32.3 Å². The minimum Gasteiger partial charge on any atom is -0.393 e. The molecule has 4 aliphatic rings. The molecule has 2 saturated carbocycles. The molecule has 15 heteroatoms. The largest absolute Gasteiger partial charge is 0.393 e. The first kappa shape index (κ1) is 37.5. The van der Waals surface area contributed by atoms with Crippen molar-refractivity contribution in [2.24, 2.45) is 17.4 Å². The van der Waals surface area contributed by atoms with Crippen molar-refractivity contribution in [2.75, 3.05) is 51.5 Å². The molecule has 2 aliphatic carbocycles. The van der Waals surface area contributed by atoms with Crippen molar-refractivity contribution in [1.29, 1.82) is 0 Å². The van der Waals surface area contributed by atoms with Crippen molar-refractivity contribution in [3.05, 3.63) is 82.7 Å². The van der Waals surface area contributed by atoms with Crippen LogP contribution >= 0.6 is 0 Å². The second kappa shape index (κ2) is 15.8. The number of allylic oxidation sites excluding steroid dienone is 1. The Hall–Kier alpha value is -5.28. The highest BCUT2D eigenvalue weighted by Crippen LogP contribution is 2.50. The molecule has 14 nitrogen and oxygen atoms in total. The third kappa shape index (κ3) is 8.52. The zero-order chi connectivity index (χ0) is 38.0. The van der Waals surface area contributed by atoms with E-state index in [1.807, 2.05) is 68.1 Å². The van der Waals surface area contributed by atoms with E-state index in [4.69, 9.17) is 11.5 Å². The third-order valence-electron chi connectivity index (χ3n) is 9.58. The summed E-state index contributed by atoms with van der Waals surface area (Å²) in [5.41, 5.74) is 17.2. The van der Waals surface area contributed by atoms with Crippen LogP contribution in [0.4, 0.5) is 15.8 Å². The number of benzene rings is 1. The molecule has 3 aromatic rings. The highest BCUT2D eigenvalue weighted by Gasteiger charge is 2.40. The van der Waals surface area contributed by atoms with Gasteiger partial charge in [0.1, 0.15) is 17.2 Å². The molecular formula is C38H50FN11O3. The number of hydrogen-bond donors (Lipinski definition) is 5. The normalized spacial score (nSPS) is 18.9. The number of pyridine rings is 1. The van der Waals surface area contributed by atoms with E-state index in [-0.39, 0.29) is 47.2 Å². The summed E-state index contributed by atoms with van der Waals surface area (Å²) in [6.07, 6.45) is 6.28. The smallest absolute Gasteiger partial charge is 0.269 e. The summed E-state index contributed by atoms with van der Waals surface area (Å²) < 4.78 is 17.8. The van der Waals surface area contributed by atoms with Gasteiger partial charge in [-0.1, -0.05) is 25.1 Å². The van der Waals surface area contributed by atoms with Gasteiger partial charge in [0.05, 0.1) is 46.1 Å². The molecule has 4 heterocycles. The zero-order valence-electron chi connectivity index (χ0n) is 31.0. The van der Waals surface area contributed by atoms with Gasteiger partial charge in [-0.25, -0.2) is 4.98 Å². The van der Waals surface area contributed by atoms with Gasteiger partial charge in [-0.3, -0.25) is 24.0 Å². The number of halogens is 1. The predicted octanol–water partition coefficient (Wildman–Crippen LogP) is 3.22. The highest BCUT2D eigenvalue weighted by atomic mass is 19.1. The van der Waals surface area contributed by atoms with Gasteiger partial charge in [0.25, 0.3) is 5.91 Å². The number of hydrogen-bond acceptors (Lipinski definition) is 11. The molecular weight excluding hydrogens is 677 g/mol. The Kier molecular flexibility index (Phi) is 11.1. The number of para-hydroxylation sites is 1. The van der Waals surface area contributed by atoms with Crippen LogP contribution in [0.5, 0.6) is 0 Å². The fourth-order valence-electron chi connectivity index (χ4n) is 6.73. The van der Waals surface area contributed by atoms with Gasteiger partial charge in [0, 0.05) is 50.3 Å². The summed E-state index contributed by atoms with van der Waals surface area (Å²) >= 11 is 0. The summed E-state index contributed by atoms with van der Waals surface area (Å²) in [4.78, 5) is 47.3. The first-order valence-electron chi connectivity index (χ1n) is 18.1. The fraction of sp³-hybridized carbons (Fsp3) is 0.447. The van der Waals surface area contributed by atoms with E-state index in [1.165, 1.54) is 6.08 Å². The van der Waals surface area contributed by atoms with Crippen LogP contribution in [0.3, 0.4) is 0 Å². The van der Waals surface area contributed by atoms with Gasteiger partial charge >= 0.3 is 0 Å². The quantitative estimate of drug-likeness (QED) is 0.105. The number of aldehydes is 1. The number of carbonyl (C=O) groups excluding carboxylic acids is 3. The molecule has 2 amide bonds. The van der Waals surface area contributed by atoms with Crippen LogP contribution in [0.1, 0.15) is 73.0 Å². The number of rotatable bonds is 12. The van der Waals surface area contributed by atoms with Crippen molar-refractivity contribution >= 4 is 29.5 Å². The van der Waals surface area contributed by atoms with E-state index in [9.17, 15) is 14.4 Å². The van der Waals surface area contributed by atoms with Crippen molar-refractivity contribution in [1.82, 2.24) is 35.2 Å². The van der Waals surface area contributed by atoms with Crippen LogP contribution in [0.25, 0.3) is 11.1 Å². The second-order valence-corrected chi connectivity index (χ2v) is 14.7. The Morgan fingerprint density at radius 2 is 1.75 bits per heavy atom. The minimum atomic E-state index is -0.551. The predicted molar refractivity (Wildman–Crippen MR) is 202 cm³/mol. The van der Waals surface area contributed by atoms with E-state index < -0.39 is 11.9 Å². The van der Waals surface area contributed by atoms with E-state index in [1.54, 1.807) is 6.07 Å². The zero-order valence-corrected chi connectivity index (χ0v) is 31.0. The monoisotopic (exact) mass is 727 g/mol. The Morgan fingerprint density at radius 3 is 2.40 bits per heavy atom. The van der Waals surface area contributed by atoms with Crippen LogP contribution in [-0.4, -0.2) is 90.0 Å². The molecule has 2 aliphatic heterocycles. The first-order valence-corrected chi connectivity index (χ1v) is 18.1. The minimum absolute atomic E-state index is 0.0314. The molecule has 0 radical (unpaired) electrons. The van der Waals surface area contributed by atoms with Gasteiger partial charge in [-0.05, 0) is 71.4 Å². The molecule has 2 aromatic heterocycles. The number of anilines is 2. The van der Waals surface area contributed by atoms with Crippen LogP contribution in [-0.2, 0) is 16.1 Å². The molecule has 0 bridgehead atoms. The van der Waals surface area contributed by atoms with E-state index in [0.717, 1.165) is 49.0 Å². The lowest BCUT2D eigenvalue weighted by atomic mass is 9.91. The number of carbonyl (C=O) groups is 3. The number of likely N-dealkylation sites (tertiary alicyclic amines) is 1. The molecule has 53 heavy (non-hydrogen) atoms. The summed E-state index contributed by atoms with van der Waals surface area (Å²) in [6, 6.07) is 10.7. The second-order valence-electron chi connectivity index (χ2n) is 14.7. The lowest BCUT2D eigenvalue weighted by Crippen LogP contribution is -2.48. The molecule has 7 N–H and O–H groups in total. The SMILES string of the molecule is CCC1c2c(c(F)nn2C2CN(Cc3cccc(C=O)n3)C2)-c2cccc(NC(/C=C(\N)NC(=O)C3CC3)=C(/N)C(=O)NC3CC3)c2N1C.CN(C)C. The number of fused-ring (bicyclic) bond motifs is 3. The molecule has 0 spiro atoms. The van der Waals surface area contributed by atoms with E-state index in [2.05, 4.69) is 42.8 Å². The van der Waals surface area contributed by atoms with Gasteiger partial charge in [0.2, 0.25) is 11.9 Å². The Balaban J connectivity index is 0.00000114. The number of aromatic nitrogens is 3. The summed E-state index contributed by atoms with van der Waals surface area (Å²) in [6.45, 7) is 3.96. The molecule has 1 aromatic carbocycles. The lowest BCUT2D eigenvalue weighted by Gasteiger charge is -2.42. The average Bonchev–Trinajstić information content (AvgIpc) is 4.04. The molecule has 1 saturated heterocycles. The highest BCUT2D eigenvalue weighted by molar-refractivity contribution is 5.96. The lowest BCUT2D eigenvalue weighted by molar-refractivity contribution is -0.121. The van der Waals surface area contributed by atoms with Gasteiger partial charge in [-0.15, -0.1) is 5.10 Å². The first-order chi connectivity index (χ1) is 25.4. The van der Waals surface area contributed by atoms with Gasteiger partial charge < -0.3 is 37.2 Å². The summed E-state index contributed by atoms with van der Waals surface area (Å²) in [5.74, 6) is -1.17. The summed E-state index contributed by atoms with van der Waals surface area (Å²) in [5, 5.41) is 13.4. The number of amides is 2. The third-order valence-corrected chi connectivity index (χ3v) is 9.58.